The molecule has 0 atom stereocenters. The summed E-state index contributed by atoms with van der Waals surface area (Å²) in [6.45, 7) is 3.97. The van der Waals surface area contributed by atoms with Crippen molar-refractivity contribution in [2.24, 2.45) is 10.7 Å². The molecule has 6 nitrogen and oxygen atoms in total. The molecule has 2 aromatic carbocycles. The Morgan fingerprint density at radius 2 is 1.63 bits per heavy atom. The number of benzene rings is 2. The molecule has 1 aliphatic heterocycles. The maximum atomic E-state index is 13.1. The van der Waals surface area contributed by atoms with Crippen LogP contribution in [0.15, 0.2) is 72.0 Å². The summed E-state index contributed by atoms with van der Waals surface area (Å²) >= 11 is 0. The normalized spacial score (nSPS) is 14.5. The summed E-state index contributed by atoms with van der Waals surface area (Å²) < 4.78 is 14.9. The molecular formula is C22H26FIN6. The van der Waals surface area contributed by atoms with Gasteiger partial charge in [0.25, 0.3) is 0 Å². The zero-order valence-electron chi connectivity index (χ0n) is 16.7. The monoisotopic (exact) mass is 520 g/mol. The van der Waals surface area contributed by atoms with Crippen LogP contribution in [0.4, 0.5) is 10.1 Å². The van der Waals surface area contributed by atoms with Crippen LogP contribution in [-0.2, 0) is 6.42 Å². The molecule has 2 heterocycles. The largest absolute Gasteiger partial charge is 0.370 e. The molecule has 30 heavy (non-hydrogen) atoms. The Morgan fingerprint density at radius 1 is 0.967 bits per heavy atom. The molecule has 0 radical (unpaired) electrons. The lowest BCUT2D eigenvalue weighted by Crippen LogP contribution is -2.51. The summed E-state index contributed by atoms with van der Waals surface area (Å²) in [6.07, 6.45) is 4.54. The van der Waals surface area contributed by atoms with Gasteiger partial charge in [-0.15, -0.1) is 24.0 Å². The summed E-state index contributed by atoms with van der Waals surface area (Å²) in [4.78, 5) is 8.91. The van der Waals surface area contributed by atoms with Crippen LogP contribution >= 0.6 is 24.0 Å². The Bertz CT molecular complexity index is 933. The van der Waals surface area contributed by atoms with Gasteiger partial charge in [0.15, 0.2) is 5.96 Å². The van der Waals surface area contributed by atoms with E-state index in [-0.39, 0.29) is 29.8 Å². The lowest BCUT2D eigenvalue weighted by atomic mass is 10.1. The second-order valence-corrected chi connectivity index (χ2v) is 7.06. The van der Waals surface area contributed by atoms with Crippen molar-refractivity contribution in [2.45, 2.75) is 6.42 Å². The number of aliphatic imine (C=N–C) groups is 1. The fourth-order valence-corrected chi connectivity index (χ4v) is 3.48. The first-order chi connectivity index (χ1) is 14.2. The van der Waals surface area contributed by atoms with Gasteiger partial charge in [-0.25, -0.2) is 9.07 Å². The van der Waals surface area contributed by atoms with Crippen molar-refractivity contribution in [3.8, 4) is 5.69 Å². The second-order valence-electron chi connectivity index (χ2n) is 7.06. The molecule has 1 aromatic heterocycles. The Balaban J connectivity index is 0.00000256. The van der Waals surface area contributed by atoms with Crippen LogP contribution in [0.3, 0.4) is 0 Å². The van der Waals surface area contributed by atoms with E-state index < -0.39 is 0 Å². The van der Waals surface area contributed by atoms with E-state index in [1.807, 2.05) is 29.1 Å². The third-order valence-corrected chi connectivity index (χ3v) is 5.18. The average molecular weight is 520 g/mol. The molecule has 1 aliphatic rings. The molecule has 4 rings (SSSR count). The average Bonchev–Trinajstić information content (AvgIpc) is 3.30. The molecule has 2 N–H and O–H groups in total. The minimum absolute atomic E-state index is 0. The topological polar surface area (TPSA) is 62.7 Å². The molecule has 0 saturated carbocycles. The van der Waals surface area contributed by atoms with E-state index in [0.717, 1.165) is 44.0 Å². The molecule has 0 amide bonds. The Kier molecular flexibility index (Phi) is 7.67. The second kappa shape index (κ2) is 10.4. The van der Waals surface area contributed by atoms with E-state index in [1.165, 1.54) is 17.7 Å². The highest BCUT2D eigenvalue weighted by atomic mass is 127. The number of guanidine groups is 1. The van der Waals surface area contributed by atoms with Crippen molar-refractivity contribution in [1.29, 1.82) is 0 Å². The van der Waals surface area contributed by atoms with Crippen LogP contribution in [-0.4, -0.2) is 53.4 Å². The van der Waals surface area contributed by atoms with Crippen LogP contribution < -0.4 is 10.6 Å². The first-order valence-electron chi connectivity index (χ1n) is 9.83. The number of nitrogens with two attached hydrogens (primary N) is 1. The molecule has 0 aliphatic carbocycles. The van der Waals surface area contributed by atoms with Gasteiger partial charge in [-0.1, -0.05) is 12.1 Å². The van der Waals surface area contributed by atoms with E-state index in [2.05, 4.69) is 44.2 Å². The van der Waals surface area contributed by atoms with Crippen molar-refractivity contribution in [2.75, 3.05) is 37.6 Å². The highest BCUT2D eigenvalue weighted by Gasteiger charge is 2.18. The lowest BCUT2D eigenvalue weighted by Gasteiger charge is -2.36. The van der Waals surface area contributed by atoms with Gasteiger partial charge in [0, 0.05) is 50.8 Å². The molecular weight excluding hydrogens is 494 g/mol. The number of hydrogen-bond donors (Lipinski definition) is 1. The molecule has 0 bridgehead atoms. The van der Waals surface area contributed by atoms with E-state index in [0.29, 0.717) is 12.5 Å². The fraction of sp³-hybridized carbons (Fsp3) is 0.273. The Labute approximate surface area is 193 Å². The Morgan fingerprint density at radius 3 is 2.27 bits per heavy atom. The number of hydrogen-bond acceptors (Lipinski definition) is 3. The number of nitrogens with zero attached hydrogens (tertiary/aromatic N) is 5. The number of anilines is 1. The van der Waals surface area contributed by atoms with E-state index in [4.69, 9.17) is 5.73 Å². The smallest absolute Gasteiger partial charge is 0.191 e. The maximum absolute atomic E-state index is 13.1. The third kappa shape index (κ3) is 5.50. The van der Waals surface area contributed by atoms with E-state index in [1.54, 1.807) is 6.20 Å². The molecule has 158 valence electrons. The van der Waals surface area contributed by atoms with Crippen LogP contribution in [0.5, 0.6) is 0 Å². The highest BCUT2D eigenvalue weighted by molar-refractivity contribution is 14.0. The number of aromatic nitrogens is 2. The summed E-state index contributed by atoms with van der Waals surface area (Å²) in [5, 5.41) is 4.23. The zero-order valence-corrected chi connectivity index (χ0v) is 19.0. The predicted molar refractivity (Wildman–Crippen MR) is 129 cm³/mol. The molecule has 0 spiro atoms. The van der Waals surface area contributed by atoms with Gasteiger partial charge >= 0.3 is 0 Å². The highest BCUT2D eigenvalue weighted by Crippen LogP contribution is 2.17. The predicted octanol–water partition coefficient (Wildman–Crippen LogP) is 3.31. The minimum Gasteiger partial charge on any atom is -0.370 e. The molecule has 8 heteroatoms. The summed E-state index contributed by atoms with van der Waals surface area (Å²) in [5.74, 6) is 0.386. The lowest BCUT2D eigenvalue weighted by molar-refractivity contribution is 0.381. The summed E-state index contributed by atoms with van der Waals surface area (Å²) in [5.41, 5.74) is 9.51. The van der Waals surface area contributed by atoms with Gasteiger partial charge in [0.2, 0.25) is 0 Å². The van der Waals surface area contributed by atoms with E-state index >= 15 is 0 Å². The SMILES string of the molecule is I.NC(=NCCc1ccc(-n2cccn2)cc1)N1CCN(c2ccc(F)cc2)CC1. The third-order valence-electron chi connectivity index (χ3n) is 5.18. The van der Waals surface area contributed by atoms with Crippen molar-refractivity contribution >= 4 is 35.6 Å². The fourth-order valence-electron chi connectivity index (χ4n) is 3.48. The van der Waals surface area contributed by atoms with E-state index in [9.17, 15) is 4.39 Å². The zero-order chi connectivity index (χ0) is 20.1. The number of rotatable bonds is 5. The number of halogens is 2. The quantitative estimate of drug-likeness (QED) is 0.319. The number of piperazine rings is 1. The van der Waals surface area contributed by atoms with Crippen molar-refractivity contribution < 1.29 is 4.39 Å². The van der Waals surface area contributed by atoms with Crippen molar-refractivity contribution in [3.05, 3.63) is 78.4 Å². The van der Waals surface area contributed by atoms with Gasteiger partial charge < -0.3 is 15.5 Å². The van der Waals surface area contributed by atoms with Crippen LogP contribution in [0.1, 0.15) is 5.56 Å². The van der Waals surface area contributed by atoms with Gasteiger partial charge in [0.05, 0.1) is 5.69 Å². The minimum atomic E-state index is -0.209. The van der Waals surface area contributed by atoms with Crippen LogP contribution in [0, 0.1) is 5.82 Å². The van der Waals surface area contributed by atoms with Crippen molar-refractivity contribution in [3.63, 3.8) is 0 Å². The molecule has 3 aromatic rings. The molecule has 1 saturated heterocycles. The van der Waals surface area contributed by atoms with Gasteiger partial charge in [-0.2, -0.15) is 5.10 Å². The van der Waals surface area contributed by atoms with Crippen molar-refractivity contribution in [1.82, 2.24) is 14.7 Å². The Hall–Kier alpha value is -2.62. The first kappa shape index (κ1) is 22.1. The van der Waals surface area contributed by atoms with Crippen LogP contribution in [0.2, 0.25) is 0 Å². The summed E-state index contributed by atoms with van der Waals surface area (Å²) in [6, 6.07) is 16.9. The maximum Gasteiger partial charge on any atom is 0.191 e. The van der Waals surface area contributed by atoms with Gasteiger partial charge in [-0.3, -0.25) is 4.99 Å². The first-order valence-corrected chi connectivity index (χ1v) is 9.83. The van der Waals surface area contributed by atoms with Crippen LogP contribution in [0.25, 0.3) is 5.69 Å². The standard InChI is InChI=1S/C22H25FN6.HI/c23-19-4-8-20(9-5-19)27-14-16-28(17-15-27)22(24)25-12-10-18-2-6-21(7-3-18)29-13-1-11-26-29;/h1-9,11,13H,10,12,14-17H2,(H2,24,25);1H. The summed E-state index contributed by atoms with van der Waals surface area (Å²) in [7, 11) is 0. The molecule has 1 fully saturated rings. The molecule has 0 unspecified atom stereocenters. The van der Waals surface area contributed by atoms with Gasteiger partial charge in [0.1, 0.15) is 5.82 Å². The van der Waals surface area contributed by atoms with Gasteiger partial charge in [-0.05, 0) is 54.4 Å².